The first-order valence-electron chi connectivity index (χ1n) is 13.7. The third-order valence-corrected chi connectivity index (χ3v) is 7.25. The van der Waals surface area contributed by atoms with Crippen molar-refractivity contribution in [1.82, 2.24) is 0 Å². The number of rotatable bonds is 8. The molecule has 1 amide bonds. The molecule has 0 bridgehead atoms. The highest BCUT2D eigenvalue weighted by Crippen LogP contribution is 2.45. The first-order chi connectivity index (χ1) is 20.4. The number of aliphatic hydroxyl groups excluding tert-OH is 1. The Morgan fingerprint density at radius 2 is 1.71 bits per heavy atom. The number of Topliss-reactive ketones (excluding diaryl/α,β-unsaturated/α-hetero) is 1. The average molecular weight is 564 g/mol. The summed E-state index contributed by atoms with van der Waals surface area (Å²) in [4.78, 5) is 28.6. The highest BCUT2D eigenvalue weighted by molar-refractivity contribution is 6.51. The molecule has 0 spiro atoms. The molecule has 8 heteroatoms. The van der Waals surface area contributed by atoms with E-state index in [1.54, 1.807) is 60.7 Å². The third kappa shape index (κ3) is 5.03. The minimum Gasteiger partial charge on any atom is -0.507 e. The van der Waals surface area contributed by atoms with E-state index in [0.29, 0.717) is 53.0 Å². The van der Waals surface area contributed by atoms with Crippen molar-refractivity contribution >= 4 is 23.1 Å². The minimum absolute atomic E-state index is 0.0244. The summed E-state index contributed by atoms with van der Waals surface area (Å²) in [7, 11) is 0. The van der Waals surface area contributed by atoms with E-state index >= 15 is 0 Å². The molecule has 0 aliphatic carbocycles. The number of aryl methyl sites for hydroxylation is 1. The van der Waals surface area contributed by atoms with Gasteiger partial charge < -0.3 is 24.1 Å². The van der Waals surface area contributed by atoms with Crippen LogP contribution >= 0.6 is 0 Å². The number of carbonyl (C=O) groups excluding carboxylic acids is 2. The lowest BCUT2D eigenvalue weighted by Gasteiger charge is -2.26. The summed E-state index contributed by atoms with van der Waals surface area (Å²) >= 11 is 0. The molecular formula is C34H29NO7. The lowest BCUT2D eigenvalue weighted by atomic mass is 9.94. The lowest BCUT2D eigenvalue weighted by molar-refractivity contribution is -0.132. The molecule has 1 atom stereocenters. The second-order valence-electron chi connectivity index (χ2n) is 9.97. The SMILES string of the molecule is CCOc1cccc(C2/C(=C(\O)c3ccc(OCc4ccccc4)c(C)c3)C(=O)C(=O)N2c2ccc3c(c2)OCO3)c1. The summed E-state index contributed by atoms with van der Waals surface area (Å²) in [6.07, 6.45) is 0. The van der Waals surface area contributed by atoms with Gasteiger partial charge >= 0.3 is 0 Å². The number of ether oxygens (including phenoxy) is 4. The molecule has 0 aromatic heterocycles. The van der Waals surface area contributed by atoms with Gasteiger partial charge in [-0.1, -0.05) is 42.5 Å². The second kappa shape index (κ2) is 11.3. The Hall–Kier alpha value is -5.24. The molecule has 8 nitrogen and oxygen atoms in total. The zero-order valence-corrected chi connectivity index (χ0v) is 23.2. The van der Waals surface area contributed by atoms with Gasteiger partial charge in [-0.2, -0.15) is 0 Å². The predicted molar refractivity (Wildman–Crippen MR) is 157 cm³/mol. The largest absolute Gasteiger partial charge is 0.507 e. The number of nitrogens with zero attached hydrogens (tertiary/aromatic N) is 1. The van der Waals surface area contributed by atoms with Crippen molar-refractivity contribution in [2.45, 2.75) is 26.5 Å². The number of ketones is 1. The van der Waals surface area contributed by atoms with E-state index in [-0.39, 0.29) is 18.1 Å². The van der Waals surface area contributed by atoms with Crippen LogP contribution < -0.4 is 23.8 Å². The van der Waals surface area contributed by atoms with Crippen LogP contribution in [0.3, 0.4) is 0 Å². The fourth-order valence-corrected chi connectivity index (χ4v) is 5.24. The molecule has 1 saturated heterocycles. The molecule has 0 radical (unpaired) electrons. The summed E-state index contributed by atoms with van der Waals surface area (Å²) < 4.78 is 22.7. The number of fused-ring (bicyclic) bond motifs is 1. The number of anilines is 1. The monoisotopic (exact) mass is 563 g/mol. The fourth-order valence-electron chi connectivity index (χ4n) is 5.24. The van der Waals surface area contributed by atoms with E-state index in [1.807, 2.05) is 44.2 Å². The molecule has 6 rings (SSSR count). The smallest absolute Gasteiger partial charge is 0.300 e. The van der Waals surface area contributed by atoms with Gasteiger partial charge in [-0.25, -0.2) is 0 Å². The van der Waals surface area contributed by atoms with Crippen LogP contribution in [0.4, 0.5) is 5.69 Å². The summed E-state index contributed by atoms with van der Waals surface area (Å²) in [5.74, 6) is 0.425. The number of carbonyl (C=O) groups is 2. The van der Waals surface area contributed by atoms with Gasteiger partial charge in [0.05, 0.1) is 18.2 Å². The van der Waals surface area contributed by atoms with Gasteiger partial charge in [-0.15, -0.1) is 0 Å². The maximum Gasteiger partial charge on any atom is 0.300 e. The molecule has 42 heavy (non-hydrogen) atoms. The number of hydrogen-bond donors (Lipinski definition) is 1. The van der Waals surface area contributed by atoms with E-state index in [0.717, 1.165) is 11.1 Å². The quantitative estimate of drug-likeness (QED) is 0.152. The van der Waals surface area contributed by atoms with Gasteiger partial charge in [-0.05, 0) is 73.0 Å². The summed E-state index contributed by atoms with van der Waals surface area (Å²) in [5, 5.41) is 11.6. The van der Waals surface area contributed by atoms with E-state index < -0.39 is 17.7 Å². The van der Waals surface area contributed by atoms with Crippen LogP contribution in [0.5, 0.6) is 23.0 Å². The van der Waals surface area contributed by atoms with Crippen LogP contribution in [0.2, 0.25) is 0 Å². The van der Waals surface area contributed by atoms with Crippen molar-refractivity contribution in [2.75, 3.05) is 18.3 Å². The highest BCUT2D eigenvalue weighted by Gasteiger charge is 2.47. The topological polar surface area (TPSA) is 94.5 Å². The normalized spacial score (nSPS) is 17.0. The highest BCUT2D eigenvalue weighted by atomic mass is 16.7. The van der Waals surface area contributed by atoms with Crippen molar-refractivity contribution in [2.24, 2.45) is 0 Å². The van der Waals surface area contributed by atoms with Crippen molar-refractivity contribution in [3.05, 3.63) is 119 Å². The first kappa shape index (κ1) is 27.0. The fraction of sp³-hybridized carbons (Fsp3) is 0.176. The molecule has 1 fully saturated rings. The van der Waals surface area contributed by atoms with Crippen molar-refractivity contribution in [3.63, 3.8) is 0 Å². The van der Waals surface area contributed by atoms with Crippen molar-refractivity contribution < 1.29 is 33.6 Å². The molecule has 212 valence electrons. The number of hydrogen-bond acceptors (Lipinski definition) is 7. The maximum absolute atomic E-state index is 13.6. The predicted octanol–water partition coefficient (Wildman–Crippen LogP) is 6.33. The van der Waals surface area contributed by atoms with Gasteiger partial charge in [0.1, 0.15) is 23.9 Å². The Morgan fingerprint density at radius 3 is 2.50 bits per heavy atom. The van der Waals surface area contributed by atoms with Gasteiger partial charge in [-0.3, -0.25) is 14.5 Å². The molecule has 2 heterocycles. The lowest BCUT2D eigenvalue weighted by Crippen LogP contribution is -2.29. The second-order valence-corrected chi connectivity index (χ2v) is 9.97. The Balaban J connectivity index is 1.41. The summed E-state index contributed by atoms with van der Waals surface area (Å²) in [5.41, 5.74) is 3.22. The van der Waals surface area contributed by atoms with Gasteiger partial charge in [0.15, 0.2) is 11.5 Å². The minimum atomic E-state index is -0.917. The van der Waals surface area contributed by atoms with E-state index in [1.165, 1.54) is 4.90 Å². The van der Waals surface area contributed by atoms with Gasteiger partial charge in [0.2, 0.25) is 6.79 Å². The van der Waals surface area contributed by atoms with Crippen LogP contribution in [-0.2, 0) is 16.2 Å². The van der Waals surface area contributed by atoms with Crippen molar-refractivity contribution in [3.8, 4) is 23.0 Å². The summed E-state index contributed by atoms with van der Waals surface area (Å²) in [6, 6.07) is 26.3. The average Bonchev–Trinajstić information content (AvgIpc) is 3.58. The van der Waals surface area contributed by atoms with E-state index in [9.17, 15) is 14.7 Å². The standard InChI is InChI=1S/C34H29NO7/c1-3-39-26-11-7-10-23(17-26)31-30(33(37)34(38)35(31)25-13-15-28-29(18-25)42-20-41-28)32(36)24-12-14-27(21(2)16-24)40-19-22-8-5-4-6-9-22/h4-18,31,36H,3,19-20H2,1-2H3/b32-30+. The molecular weight excluding hydrogens is 534 g/mol. The molecule has 0 saturated carbocycles. The van der Waals surface area contributed by atoms with E-state index in [2.05, 4.69) is 0 Å². The van der Waals surface area contributed by atoms with Gasteiger partial charge in [0.25, 0.3) is 11.7 Å². The van der Waals surface area contributed by atoms with E-state index in [4.69, 9.17) is 18.9 Å². The molecule has 4 aromatic rings. The zero-order chi connectivity index (χ0) is 29.2. The number of aliphatic hydroxyl groups is 1. The van der Waals surface area contributed by atoms with Crippen LogP contribution in [0.25, 0.3) is 5.76 Å². The maximum atomic E-state index is 13.6. The molecule has 2 aliphatic heterocycles. The molecule has 4 aromatic carbocycles. The van der Waals surface area contributed by atoms with Gasteiger partial charge in [0, 0.05) is 17.3 Å². The van der Waals surface area contributed by atoms with Crippen molar-refractivity contribution in [1.29, 1.82) is 0 Å². The molecule has 1 N–H and O–H groups in total. The molecule has 2 aliphatic rings. The Kier molecular flexibility index (Phi) is 7.27. The van der Waals surface area contributed by atoms with Crippen LogP contribution in [0.15, 0.2) is 96.6 Å². The Morgan fingerprint density at radius 1 is 0.905 bits per heavy atom. The van der Waals surface area contributed by atoms with Crippen LogP contribution in [0, 0.1) is 6.92 Å². The van der Waals surface area contributed by atoms with Crippen LogP contribution in [0.1, 0.15) is 35.2 Å². The first-order valence-corrected chi connectivity index (χ1v) is 13.7. The Bertz CT molecular complexity index is 1700. The third-order valence-electron chi connectivity index (χ3n) is 7.25. The number of amides is 1. The van der Waals surface area contributed by atoms with Crippen LogP contribution in [-0.4, -0.2) is 30.2 Å². The zero-order valence-electron chi connectivity index (χ0n) is 23.2. The molecule has 1 unspecified atom stereocenters. The Labute approximate surface area is 243 Å². The number of benzene rings is 4. The summed E-state index contributed by atoms with van der Waals surface area (Å²) in [6.45, 7) is 4.65.